The van der Waals surface area contributed by atoms with E-state index >= 15 is 0 Å². The number of rotatable bonds is 8. The molecule has 0 bridgehead atoms. The van der Waals surface area contributed by atoms with E-state index in [0.717, 1.165) is 56.0 Å². The molecule has 1 unspecified atom stereocenters. The van der Waals surface area contributed by atoms with Crippen LogP contribution in [-0.4, -0.2) is 42.6 Å². The first-order valence-electron chi connectivity index (χ1n) is 12.0. The number of allylic oxidation sites excluding steroid dienone is 6. The first-order valence-corrected chi connectivity index (χ1v) is 12.0. The van der Waals surface area contributed by atoms with Crippen LogP contribution >= 0.6 is 0 Å². The van der Waals surface area contributed by atoms with Gasteiger partial charge in [-0.25, -0.2) is 19.6 Å². The number of pyridine rings is 1. The number of nitrogens with zero attached hydrogens (tertiary/aromatic N) is 6. The van der Waals surface area contributed by atoms with Gasteiger partial charge in [-0.2, -0.15) is 18.3 Å². The fourth-order valence-corrected chi connectivity index (χ4v) is 4.03. The van der Waals surface area contributed by atoms with E-state index in [9.17, 15) is 13.2 Å². The van der Waals surface area contributed by atoms with Gasteiger partial charge in [-0.3, -0.25) is 0 Å². The maximum Gasteiger partial charge on any atom is 0.412 e. The quantitative estimate of drug-likeness (QED) is 0.336. The highest BCUT2D eigenvalue weighted by atomic mass is 19.4. The Morgan fingerprint density at radius 2 is 2.00 bits per heavy atom. The SMILES string of the molecule is COc1nc(/C=C/c2nc3n(n2)CCCC3C/C=C/C=C\C=C(/C)C(F)(F)F)ccc1-n1cnc(C)c1. The number of hydrogen-bond donors (Lipinski definition) is 0. The van der Waals surface area contributed by atoms with E-state index in [4.69, 9.17) is 9.72 Å². The lowest BCUT2D eigenvalue weighted by atomic mass is 9.95. The molecule has 0 aliphatic carbocycles. The number of fused-ring (bicyclic) bond motifs is 1. The molecular weight excluding hydrogens is 481 g/mol. The van der Waals surface area contributed by atoms with Crippen molar-refractivity contribution in [2.24, 2.45) is 0 Å². The van der Waals surface area contributed by atoms with Gasteiger partial charge in [0.15, 0.2) is 5.82 Å². The lowest BCUT2D eigenvalue weighted by molar-refractivity contribution is -0.0913. The summed E-state index contributed by atoms with van der Waals surface area (Å²) in [5, 5.41) is 4.62. The second-order valence-electron chi connectivity index (χ2n) is 8.81. The molecule has 0 amide bonds. The molecule has 1 aliphatic rings. The van der Waals surface area contributed by atoms with Gasteiger partial charge in [0, 0.05) is 24.2 Å². The standard InChI is InChI=1S/C27H29F3N6O/c1-19(27(28,29)30)9-6-4-5-7-10-21-11-8-16-36-25(21)33-24(34-36)15-13-22-12-14-23(26(32-22)37-3)35-17-20(2)31-18-35/h4-7,9,12-15,17-18,21H,8,10-11,16H2,1-3H3/b6-4-,7-5+,15-13+,19-9+. The van der Waals surface area contributed by atoms with Crippen LogP contribution in [0.15, 0.2) is 60.6 Å². The molecule has 4 heterocycles. The average Bonchev–Trinajstić information content (AvgIpc) is 3.50. The van der Waals surface area contributed by atoms with Crippen molar-refractivity contribution in [3.8, 4) is 11.6 Å². The Labute approximate surface area is 213 Å². The Morgan fingerprint density at radius 1 is 1.16 bits per heavy atom. The van der Waals surface area contributed by atoms with Gasteiger partial charge in [0.2, 0.25) is 5.88 Å². The van der Waals surface area contributed by atoms with Crippen LogP contribution in [0, 0.1) is 6.92 Å². The van der Waals surface area contributed by atoms with Crippen LogP contribution in [0.4, 0.5) is 13.2 Å². The molecule has 0 fully saturated rings. The molecule has 0 aromatic carbocycles. The summed E-state index contributed by atoms with van der Waals surface area (Å²) in [5.74, 6) is 2.22. The normalized spacial score (nSPS) is 16.8. The maximum absolute atomic E-state index is 12.5. The number of aryl methyl sites for hydroxylation is 2. The molecule has 10 heteroatoms. The van der Waals surface area contributed by atoms with Crippen LogP contribution in [0.25, 0.3) is 17.8 Å². The Kier molecular flexibility index (Phi) is 8.05. The van der Waals surface area contributed by atoms with Crippen molar-refractivity contribution in [2.75, 3.05) is 7.11 Å². The van der Waals surface area contributed by atoms with Crippen LogP contribution in [-0.2, 0) is 6.54 Å². The molecule has 3 aromatic heterocycles. The first-order chi connectivity index (χ1) is 17.7. The summed E-state index contributed by atoms with van der Waals surface area (Å²) in [5.41, 5.74) is 1.79. The van der Waals surface area contributed by atoms with E-state index in [1.54, 1.807) is 25.6 Å². The van der Waals surface area contributed by atoms with Crippen molar-refractivity contribution in [3.63, 3.8) is 0 Å². The zero-order chi connectivity index (χ0) is 26.4. The Hall–Kier alpha value is -3.95. The van der Waals surface area contributed by atoms with Crippen molar-refractivity contribution >= 4 is 12.2 Å². The third kappa shape index (κ3) is 6.63. The molecule has 7 nitrogen and oxygen atoms in total. The van der Waals surface area contributed by atoms with E-state index < -0.39 is 11.7 Å². The Balaban J connectivity index is 1.42. The number of alkyl halides is 3. The van der Waals surface area contributed by atoms with Crippen LogP contribution in [0.5, 0.6) is 5.88 Å². The van der Waals surface area contributed by atoms with Crippen molar-refractivity contribution in [1.82, 2.24) is 29.3 Å². The fraction of sp³-hybridized carbons (Fsp3) is 0.333. The average molecular weight is 511 g/mol. The molecule has 0 spiro atoms. The molecule has 37 heavy (non-hydrogen) atoms. The second-order valence-corrected chi connectivity index (χ2v) is 8.81. The van der Waals surface area contributed by atoms with Crippen LogP contribution < -0.4 is 4.74 Å². The van der Waals surface area contributed by atoms with Crippen molar-refractivity contribution in [1.29, 1.82) is 0 Å². The van der Waals surface area contributed by atoms with Gasteiger partial charge in [-0.1, -0.05) is 30.4 Å². The molecule has 4 rings (SSSR count). The van der Waals surface area contributed by atoms with Gasteiger partial charge in [-0.15, -0.1) is 0 Å². The molecule has 0 N–H and O–H groups in total. The molecule has 3 aromatic rings. The van der Waals surface area contributed by atoms with Crippen LogP contribution in [0.2, 0.25) is 0 Å². The Bertz CT molecular complexity index is 1350. The monoisotopic (exact) mass is 510 g/mol. The summed E-state index contributed by atoms with van der Waals surface area (Å²) in [6.45, 7) is 3.78. The van der Waals surface area contributed by atoms with E-state index in [1.807, 2.05) is 52.7 Å². The summed E-state index contributed by atoms with van der Waals surface area (Å²) in [7, 11) is 1.58. The molecule has 1 atom stereocenters. The van der Waals surface area contributed by atoms with E-state index in [-0.39, 0.29) is 5.92 Å². The van der Waals surface area contributed by atoms with Gasteiger partial charge in [0.05, 0.1) is 24.8 Å². The molecule has 0 radical (unpaired) electrons. The molecule has 194 valence electrons. The molecule has 0 saturated carbocycles. The van der Waals surface area contributed by atoms with Gasteiger partial charge in [-0.05, 0) is 57.4 Å². The van der Waals surface area contributed by atoms with E-state index in [2.05, 4.69) is 15.1 Å². The topological polar surface area (TPSA) is 70.7 Å². The van der Waals surface area contributed by atoms with Gasteiger partial charge in [0.25, 0.3) is 0 Å². The van der Waals surface area contributed by atoms with Crippen molar-refractivity contribution in [3.05, 3.63) is 83.6 Å². The highest BCUT2D eigenvalue weighted by Crippen LogP contribution is 2.29. The summed E-state index contributed by atoms with van der Waals surface area (Å²) in [4.78, 5) is 13.6. The maximum atomic E-state index is 12.5. The van der Waals surface area contributed by atoms with Crippen LogP contribution in [0.3, 0.4) is 0 Å². The predicted octanol–water partition coefficient (Wildman–Crippen LogP) is 6.23. The van der Waals surface area contributed by atoms with Crippen molar-refractivity contribution < 1.29 is 17.9 Å². The summed E-state index contributed by atoms with van der Waals surface area (Å²) in [6, 6.07) is 3.82. The van der Waals surface area contributed by atoms with E-state index in [0.29, 0.717) is 17.4 Å². The van der Waals surface area contributed by atoms with Crippen LogP contribution in [0.1, 0.15) is 55.1 Å². The minimum atomic E-state index is -4.29. The number of hydrogen-bond acceptors (Lipinski definition) is 5. The Morgan fingerprint density at radius 3 is 2.73 bits per heavy atom. The first kappa shape index (κ1) is 26.1. The lowest BCUT2D eigenvalue weighted by Crippen LogP contribution is -2.16. The number of halogens is 3. The lowest BCUT2D eigenvalue weighted by Gasteiger charge is -2.20. The second kappa shape index (κ2) is 11.4. The number of aromatic nitrogens is 6. The van der Waals surface area contributed by atoms with Gasteiger partial charge < -0.3 is 9.30 Å². The van der Waals surface area contributed by atoms with Gasteiger partial charge in [0.1, 0.15) is 11.5 Å². The van der Waals surface area contributed by atoms with E-state index in [1.165, 1.54) is 6.08 Å². The summed E-state index contributed by atoms with van der Waals surface area (Å²) >= 11 is 0. The smallest absolute Gasteiger partial charge is 0.412 e. The highest BCUT2D eigenvalue weighted by Gasteiger charge is 2.29. The summed E-state index contributed by atoms with van der Waals surface area (Å²) < 4.78 is 46.9. The zero-order valence-corrected chi connectivity index (χ0v) is 21.0. The minimum absolute atomic E-state index is 0.205. The third-order valence-corrected chi connectivity index (χ3v) is 6.02. The van der Waals surface area contributed by atoms with Gasteiger partial charge >= 0.3 is 6.18 Å². The highest BCUT2D eigenvalue weighted by molar-refractivity contribution is 5.65. The number of ether oxygens (including phenoxy) is 1. The molecule has 0 saturated heterocycles. The van der Waals surface area contributed by atoms with Crippen molar-refractivity contribution in [2.45, 2.75) is 51.7 Å². The molecule has 1 aliphatic heterocycles. The summed E-state index contributed by atoms with van der Waals surface area (Å²) in [6.07, 6.45) is 13.5. The predicted molar refractivity (Wildman–Crippen MR) is 136 cm³/mol. The largest absolute Gasteiger partial charge is 0.479 e. The number of imidazole rings is 1. The third-order valence-electron chi connectivity index (χ3n) is 6.02. The number of methoxy groups -OCH3 is 1. The fourth-order valence-electron chi connectivity index (χ4n) is 4.03. The zero-order valence-electron chi connectivity index (χ0n) is 21.0. The molecular formula is C27H29F3N6O. The minimum Gasteiger partial charge on any atom is -0.479 e.